The van der Waals surface area contributed by atoms with Crippen molar-refractivity contribution in [2.24, 2.45) is 5.92 Å². The van der Waals surface area contributed by atoms with Crippen LogP contribution in [0.25, 0.3) is 0 Å². The second-order valence-electron chi connectivity index (χ2n) is 5.71. The molecule has 2 rings (SSSR count). The molecule has 1 aliphatic rings. The topological polar surface area (TPSA) is 39.7 Å². The Morgan fingerprint density at radius 2 is 2.10 bits per heavy atom. The van der Waals surface area contributed by atoms with Crippen molar-refractivity contribution in [2.45, 2.75) is 39.3 Å². The van der Waals surface area contributed by atoms with Crippen molar-refractivity contribution in [3.05, 3.63) is 22.7 Å². The molecule has 1 aromatic rings. The quantitative estimate of drug-likeness (QED) is 0.558. The van der Waals surface area contributed by atoms with E-state index < -0.39 is 0 Å². The van der Waals surface area contributed by atoms with Crippen LogP contribution in [0, 0.1) is 5.92 Å². The molecule has 0 spiro atoms. The van der Waals surface area contributed by atoms with Crippen LogP contribution >= 0.6 is 11.6 Å². The van der Waals surface area contributed by atoms with Gasteiger partial charge in [0.05, 0.1) is 13.7 Å². The molecule has 0 unspecified atom stereocenters. The van der Waals surface area contributed by atoms with E-state index in [0.29, 0.717) is 29.1 Å². The molecule has 0 saturated heterocycles. The predicted molar refractivity (Wildman–Crippen MR) is 84.2 cm³/mol. The van der Waals surface area contributed by atoms with E-state index in [9.17, 15) is 0 Å². The second-order valence-corrected chi connectivity index (χ2v) is 6.14. The van der Waals surface area contributed by atoms with Crippen molar-refractivity contribution < 1.29 is 14.2 Å². The standard InChI is InChI=1S/C16H24ClNO3/c1-11(2)18-8-13-6-14(17)7-15(19-3)16(13)21-10-20-9-12-4-5-12/h6-7,11-12,18H,4-5,8-10H2,1-3H3. The molecule has 1 aromatic carbocycles. The highest BCUT2D eigenvalue weighted by Gasteiger charge is 2.21. The zero-order chi connectivity index (χ0) is 15.2. The first-order valence-electron chi connectivity index (χ1n) is 7.40. The summed E-state index contributed by atoms with van der Waals surface area (Å²) in [6.07, 6.45) is 2.54. The number of methoxy groups -OCH3 is 1. The van der Waals surface area contributed by atoms with Crippen LogP contribution in [0.3, 0.4) is 0 Å². The molecule has 4 nitrogen and oxygen atoms in total. The van der Waals surface area contributed by atoms with E-state index in [1.807, 2.05) is 6.07 Å². The van der Waals surface area contributed by atoms with Gasteiger partial charge in [-0.25, -0.2) is 0 Å². The summed E-state index contributed by atoms with van der Waals surface area (Å²) in [7, 11) is 1.61. The highest BCUT2D eigenvalue weighted by atomic mass is 35.5. The molecule has 0 bridgehead atoms. The molecule has 0 atom stereocenters. The van der Waals surface area contributed by atoms with Crippen LogP contribution in [0.2, 0.25) is 5.02 Å². The van der Waals surface area contributed by atoms with Crippen LogP contribution in [0.15, 0.2) is 12.1 Å². The summed E-state index contributed by atoms with van der Waals surface area (Å²) in [5.74, 6) is 2.06. The number of halogens is 1. The van der Waals surface area contributed by atoms with E-state index in [-0.39, 0.29) is 6.79 Å². The van der Waals surface area contributed by atoms with Crippen molar-refractivity contribution in [3.63, 3.8) is 0 Å². The molecule has 1 aliphatic carbocycles. The lowest BCUT2D eigenvalue weighted by Gasteiger charge is -2.17. The van der Waals surface area contributed by atoms with Gasteiger partial charge in [-0.1, -0.05) is 25.4 Å². The van der Waals surface area contributed by atoms with E-state index in [2.05, 4.69) is 19.2 Å². The Hall–Kier alpha value is -0.970. The van der Waals surface area contributed by atoms with Crippen LogP contribution in [0.5, 0.6) is 11.5 Å². The zero-order valence-electron chi connectivity index (χ0n) is 12.9. The first-order chi connectivity index (χ1) is 10.1. The molecule has 0 aromatic heterocycles. The molecule has 21 heavy (non-hydrogen) atoms. The maximum absolute atomic E-state index is 6.13. The lowest BCUT2D eigenvalue weighted by atomic mass is 10.1. The van der Waals surface area contributed by atoms with E-state index in [4.69, 9.17) is 25.8 Å². The molecule has 0 heterocycles. The van der Waals surface area contributed by atoms with Crippen LogP contribution in [-0.4, -0.2) is 26.6 Å². The van der Waals surface area contributed by atoms with Gasteiger partial charge in [-0.05, 0) is 24.8 Å². The Morgan fingerprint density at radius 1 is 1.33 bits per heavy atom. The molecular weight excluding hydrogens is 290 g/mol. The van der Waals surface area contributed by atoms with Crippen LogP contribution in [0.1, 0.15) is 32.3 Å². The summed E-state index contributed by atoms with van der Waals surface area (Å²) in [4.78, 5) is 0. The molecule has 0 amide bonds. The molecule has 118 valence electrons. The van der Waals surface area contributed by atoms with Crippen LogP contribution in [0.4, 0.5) is 0 Å². The minimum Gasteiger partial charge on any atom is -0.493 e. The lowest BCUT2D eigenvalue weighted by Crippen LogP contribution is -2.22. The van der Waals surface area contributed by atoms with Gasteiger partial charge in [-0.2, -0.15) is 0 Å². The lowest BCUT2D eigenvalue weighted by molar-refractivity contribution is 0.00806. The minimum absolute atomic E-state index is 0.239. The number of benzene rings is 1. The third kappa shape index (κ3) is 5.38. The van der Waals surface area contributed by atoms with Gasteiger partial charge in [0, 0.05) is 29.2 Å². The van der Waals surface area contributed by atoms with Crippen molar-refractivity contribution in [1.29, 1.82) is 0 Å². The fourth-order valence-corrected chi connectivity index (χ4v) is 2.21. The van der Waals surface area contributed by atoms with Crippen LogP contribution < -0.4 is 14.8 Å². The first-order valence-corrected chi connectivity index (χ1v) is 7.78. The van der Waals surface area contributed by atoms with Gasteiger partial charge in [0.1, 0.15) is 0 Å². The minimum atomic E-state index is 0.239. The molecule has 0 radical (unpaired) electrons. The average Bonchev–Trinajstić information content (AvgIpc) is 3.26. The van der Waals surface area contributed by atoms with Crippen molar-refractivity contribution in [1.82, 2.24) is 5.32 Å². The molecule has 0 aliphatic heterocycles. The van der Waals surface area contributed by atoms with Gasteiger partial charge in [0.2, 0.25) is 0 Å². The van der Waals surface area contributed by atoms with Gasteiger partial charge in [-0.15, -0.1) is 0 Å². The third-order valence-electron chi connectivity index (χ3n) is 3.35. The van der Waals surface area contributed by atoms with E-state index in [1.54, 1.807) is 13.2 Å². The predicted octanol–water partition coefficient (Wildman–Crippen LogP) is 3.61. The van der Waals surface area contributed by atoms with Gasteiger partial charge >= 0.3 is 0 Å². The Labute approximate surface area is 131 Å². The zero-order valence-corrected chi connectivity index (χ0v) is 13.7. The summed E-state index contributed by atoms with van der Waals surface area (Å²) in [6.45, 7) is 5.88. The van der Waals surface area contributed by atoms with Gasteiger partial charge in [0.15, 0.2) is 18.3 Å². The molecule has 1 saturated carbocycles. The summed E-state index contributed by atoms with van der Waals surface area (Å²) in [6, 6.07) is 4.04. The van der Waals surface area contributed by atoms with E-state index in [0.717, 1.165) is 18.1 Å². The number of hydrogen-bond acceptors (Lipinski definition) is 4. The second kappa shape index (κ2) is 7.87. The number of rotatable bonds is 9. The maximum Gasteiger partial charge on any atom is 0.189 e. The third-order valence-corrected chi connectivity index (χ3v) is 3.57. The van der Waals surface area contributed by atoms with Gasteiger partial charge < -0.3 is 19.5 Å². The number of ether oxygens (including phenoxy) is 3. The van der Waals surface area contributed by atoms with Crippen LogP contribution in [-0.2, 0) is 11.3 Å². The number of nitrogens with one attached hydrogen (secondary N) is 1. The fourth-order valence-electron chi connectivity index (χ4n) is 1.98. The largest absolute Gasteiger partial charge is 0.493 e. The van der Waals surface area contributed by atoms with Crippen molar-refractivity contribution >= 4 is 11.6 Å². The molecule has 5 heteroatoms. The van der Waals surface area contributed by atoms with E-state index in [1.165, 1.54) is 12.8 Å². The monoisotopic (exact) mass is 313 g/mol. The molecule has 1 N–H and O–H groups in total. The highest BCUT2D eigenvalue weighted by Crippen LogP contribution is 2.35. The maximum atomic E-state index is 6.13. The smallest absolute Gasteiger partial charge is 0.189 e. The Kier molecular flexibility index (Phi) is 6.15. The summed E-state index contributed by atoms with van der Waals surface area (Å²) < 4.78 is 16.7. The van der Waals surface area contributed by atoms with Gasteiger partial charge in [0.25, 0.3) is 0 Å². The summed E-state index contributed by atoms with van der Waals surface area (Å²) >= 11 is 6.13. The SMILES string of the molecule is COc1cc(Cl)cc(CNC(C)C)c1OCOCC1CC1. The Bertz CT molecular complexity index is 461. The first kappa shape index (κ1) is 16.4. The Balaban J connectivity index is 2.02. The highest BCUT2D eigenvalue weighted by molar-refractivity contribution is 6.30. The molecule has 1 fully saturated rings. The normalized spacial score (nSPS) is 14.5. The Morgan fingerprint density at radius 3 is 2.71 bits per heavy atom. The molecular formula is C16H24ClNO3. The fraction of sp³-hybridized carbons (Fsp3) is 0.625. The van der Waals surface area contributed by atoms with Crippen molar-refractivity contribution in [3.8, 4) is 11.5 Å². The number of hydrogen-bond donors (Lipinski definition) is 1. The van der Waals surface area contributed by atoms with Crippen molar-refractivity contribution in [2.75, 3.05) is 20.5 Å². The van der Waals surface area contributed by atoms with Gasteiger partial charge in [-0.3, -0.25) is 0 Å². The van der Waals surface area contributed by atoms with E-state index >= 15 is 0 Å². The summed E-state index contributed by atoms with van der Waals surface area (Å²) in [5, 5.41) is 4.00. The average molecular weight is 314 g/mol. The summed E-state index contributed by atoms with van der Waals surface area (Å²) in [5.41, 5.74) is 0.975.